The van der Waals surface area contributed by atoms with Crippen molar-refractivity contribution in [1.29, 1.82) is 0 Å². The summed E-state index contributed by atoms with van der Waals surface area (Å²) in [5, 5.41) is 42.1. The normalized spacial score (nSPS) is 25.6. The number of nitrogens with one attached hydrogen (secondary N) is 3. The van der Waals surface area contributed by atoms with E-state index in [-0.39, 0.29) is 67.7 Å². The number of benzene rings is 6. The lowest BCUT2D eigenvalue weighted by molar-refractivity contribution is -0.175. The number of carbonyl (C=O) groups excluding carboxylic acids is 6. The molecule has 21 heteroatoms. The van der Waals surface area contributed by atoms with Crippen LogP contribution in [0.25, 0.3) is 0 Å². The fraction of sp³-hybridized carbons (Fsp3) is 0.222. The molecule has 12 N–H and O–H groups in total. The van der Waals surface area contributed by atoms with E-state index < -0.39 is 69.0 Å². The summed E-state index contributed by atoms with van der Waals surface area (Å²) in [6.45, 7) is 3.82. The van der Waals surface area contributed by atoms with E-state index in [1.165, 1.54) is 42.1 Å². The van der Waals surface area contributed by atoms with Crippen LogP contribution in [0, 0.1) is 0 Å². The third kappa shape index (κ3) is 6.34. The molecule has 0 radical (unpaired) electrons. The summed E-state index contributed by atoms with van der Waals surface area (Å²) in [6, 6.07) is 28.7. The molecule has 3 aliphatic heterocycles. The highest BCUT2D eigenvalue weighted by molar-refractivity contribution is 6.17. The number of rotatable bonds is 6. The Morgan fingerprint density at radius 2 is 0.680 bits per heavy atom. The molecule has 6 aromatic carbocycles. The van der Waals surface area contributed by atoms with E-state index >= 15 is 0 Å². The summed E-state index contributed by atoms with van der Waals surface area (Å²) in [5.41, 5.74) is 15.3. The van der Waals surface area contributed by atoms with Crippen LogP contribution in [-0.4, -0.2) is 71.7 Å². The van der Waals surface area contributed by atoms with Gasteiger partial charge in [-0.2, -0.15) is 0 Å². The first kappa shape index (κ1) is 49.4. The Labute approximate surface area is 426 Å². The summed E-state index contributed by atoms with van der Waals surface area (Å²) in [4.78, 5) is 75.7. The van der Waals surface area contributed by atoms with E-state index in [2.05, 4.69) is 16.0 Å². The number of nitrogen functional groups attached to an aromatic ring is 3. The average molecular weight is 1020 g/mol. The quantitative estimate of drug-likeness (QED) is 0.108. The second-order valence-corrected chi connectivity index (χ2v) is 18.4. The van der Waals surface area contributed by atoms with E-state index in [4.69, 9.17) is 45.6 Å². The molecule has 0 spiro atoms. The molecule has 0 saturated carbocycles. The van der Waals surface area contributed by atoms with Crippen LogP contribution in [0.4, 0.5) is 17.1 Å². The predicted molar refractivity (Wildman–Crippen MR) is 265 cm³/mol. The maximum atomic E-state index is 13.3. The Hall–Kier alpha value is -9.18. The zero-order valence-corrected chi connectivity index (χ0v) is 40.9. The molecule has 6 aromatic rings. The minimum absolute atomic E-state index is 0.153. The van der Waals surface area contributed by atoms with Gasteiger partial charge >= 0.3 is 0 Å². The van der Waals surface area contributed by atoms with Gasteiger partial charge in [0.1, 0.15) is 34.5 Å². The van der Waals surface area contributed by atoms with Crippen molar-refractivity contribution in [2.45, 2.75) is 54.7 Å². The van der Waals surface area contributed by atoms with Crippen LogP contribution in [0.1, 0.15) is 85.2 Å². The second-order valence-electron chi connectivity index (χ2n) is 18.4. The first-order valence-electron chi connectivity index (χ1n) is 23.0. The van der Waals surface area contributed by atoms with Crippen LogP contribution in [-0.2, 0) is 48.4 Å². The van der Waals surface area contributed by atoms with Gasteiger partial charge < -0.3 is 76.9 Å². The molecule has 75 heavy (non-hydrogen) atoms. The Kier molecular flexibility index (Phi) is 11.0. The number of carbonyl (C=O) groups is 6. The van der Waals surface area contributed by atoms with Gasteiger partial charge in [0.15, 0.2) is 0 Å². The Morgan fingerprint density at radius 1 is 0.427 bits per heavy atom. The van der Waals surface area contributed by atoms with Gasteiger partial charge in [0.05, 0.1) is 38.0 Å². The zero-order chi connectivity index (χ0) is 53.9. The van der Waals surface area contributed by atoms with Crippen LogP contribution in [0.5, 0.6) is 34.5 Å². The molecule has 6 aliphatic rings. The van der Waals surface area contributed by atoms with Crippen LogP contribution >= 0.6 is 0 Å². The Balaban J connectivity index is 0.000000128. The van der Waals surface area contributed by atoms with Crippen LogP contribution in [0.2, 0.25) is 0 Å². The van der Waals surface area contributed by atoms with Gasteiger partial charge in [-0.05, 0) is 54.6 Å². The second kappa shape index (κ2) is 16.7. The molecule has 0 bridgehead atoms. The van der Waals surface area contributed by atoms with Gasteiger partial charge in [0.25, 0.3) is 17.4 Å². The van der Waals surface area contributed by atoms with E-state index in [0.29, 0.717) is 33.9 Å². The molecule has 0 fully saturated rings. The summed E-state index contributed by atoms with van der Waals surface area (Å²) in [7, 11) is 4.49. The number of methoxy groups -OCH3 is 3. The Bertz CT molecular complexity index is 3190. The van der Waals surface area contributed by atoms with Crippen LogP contribution in [0.3, 0.4) is 0 Å². The fourth-order valence-corrected chi connectivity index (χ4v) is 11.2. The number of hydrogen-bond acceptors (Lipinski definition) is 18. The molecule has 3 aliphatic carbocycles. The minimum atomic E-state index is -2.09. The van der Waals surface area contributed by atoms with E-state index in [0.717, 1.165) is 0 Å². The van der Waals surface area contributed by atoms with Crippen LogP contribution < -0.4 is 61.6 Å². The van der Waals surface area contributed by atoms with E-state index in [9.17, 15) is 44.1 Å². The molecule has 3 heterocycles. The molecule has 3 amide bonds. The molecule has 12 rings (SSSR count). The number of amides is 3. The number of aliphatic hydroxyl groups is 3. The molecule has 0 aromatic heterocycles. The van der Waals surface area contributed by atoms with Gasteiger partial charge in [-0.25, -0.2) is 0 Å². The van der Waals surface area contributed by atoms with E-state index in [1.807, 2.05) is 0 Å². The summed E-state index contributed by atoms with van der Waals surface area (Å²) < 4.78 is 32.9. The maximum Gasteiger partial charge on any atom is 0.271 e. The average Bonchev–Trinajstić information content (AvgIpc) is 4.04. The number of nitrogens with two attached hydrogens (primary N) is 3. The van der Waals surface area contributed by atoms with Crippen molar-refractivity contribution in [2.75, 3.05) is 38.5 Å². The summed E-state index contributed by atoms with van der Waals surface area (Å²) in [6.07, 6.45) is 0. The summed E-state index contributed by atoms with van der Waals surface area (Å²) in [5.74, 6) is -6.96. The predicted octanol–water partition coefficient (Wildman–Crippen LogP) is 3.13. The van der Waals surface area contributed by atoms with Gasteiger partial charge in [0.2, 0.25) is 51.7 Å². The van der Waals surface area contributed by atoms with Crippen molar-refractivity contribution in [3.8, 4) is 34.5 Å². The maximum absolute atomic E-state index is 13.3. The monoisotopic (exact) mass is 1020 g/mol. The van der Waals surface area contributed by atoms with Crippen LogP contribution in [0.15, 0.2) is 109 Å². The molecular weight excluding hydrogens is 973 g/mol. The highest BCUT2D eigenvalue weighted by Crippen LogP contribution is 2.62. The molecule has 384 valence electrons. The van der Waals surface area contributed by atoms with Gasteiger partial charge in [0, 0.05) is 89.4 Å². The van der Waals surface area contributed by atoms with Crippen molar-refractivity contribution in [2.24, 2.45) is 0 Å². The van der Waals surface area contributed by atoms with Crippen molar-refractivity contribution < 1.29 is 72.5 Å². The first-order chi connectivity index (χ1) is 35.5. The van der Waals surface area contributed by atoms with Gasteiger partial charge in [-0.3, -0.25) is 28.8 Å². The van der Waals surface area contributed by atoms with E-state index in [1.54, 1.807) is 109 Å². The number of ketones is 3. The molecule has 6 atom stereocenters. The number of Topliss-reactive ketones (excluding diaryl/α,β-unsaturated/α-hetero) is 3. The lowest BCUT2D eigenvalue weighted by Gasteiger charge is -2.34. The van der Waals surface area contributed by atoms with Gasteiger partial charge in [-0.1, -0.05) is 36.4 Å². The largest absolute Gasteiger partial charge is 0.497 e. The Morgan fingerprint density at radius 3 is 0.907 bits per heavy atom. The minimum Gasteiger partial charge on any atom is -0.497 e. The number of fused-ring (bicyclic) bond motifs is 15. The molecule has 0 saturated heterocycles. The molecular formula is C54H48N6O15. The SMILES string of the molecule is COc1ccc2c(c1)OC1(O)c3cccc(N)c3C(=O)C21NC(C)=O.COc1ccc2c(c1)O[C@@]1(O)c3cccc(N)c3C(=O)[C@@]21NC(C)=O.COc1ccc2c(c1)O[C@]1(O)c3cccc(N)c3C(=O)[C@]21NC(C)=O. The lowest BCUT2D eigenvalue weighted by Crippen LogP contribution is -2.59. The standard InChI is InChI=1S/3C18H16N2O5/c3*1-9(21)20-17-11-7-6-10(24-2)8-14(11)25-18(17,23)12-4-3-5-13(19)15(12)16(17)22/h3*3-8,23H,19H2,1-2H3,(H,20,21)/t2*17-,18-;/m10./s1. The zero-order valence-electron chi connectivity index (χ0n) is 40.9. The smallest absolute Gasteiger partial charge is 0.271 e. The number of anilines is 3. The van der Waals surface area contributed by atoms with Crippen molar-refractivity contribution in [1.82, 2.24) is 16.0 Å². The fourth-order valence-electron chi connectivity index (χ4n) is 11.2. The first-order valence-corrected chi connectivity index (χ1v) is 23.0. The highest BCUT2D eigenvalue weighted by Gasteiger charge is 2.74. The van der Waals surface area contributed by atoms with Gasteiger partial charge in [-0.15, -0.1) is 0 Å². The molecule has 2 unspecified atom stereocenters. The topological polar surface area (TPSA) is 333 Å². The number of hydrogen-bond donors (Lipinski definition) is 9. The summed E-state index contributed by atoms with van der Waals surface area (Å²) >= 11 is 0. The van der Waals surface area contributed by atoms with Crippen molar-refractivity contribution in [3.05, 3.63) is 159 Å². The van der Waals surface area contributed by atoms with Crippen molar-refractivity contribution in [3.63, 3.8) is 0 Å². The van der Waals surface area contributed by atoms with Crippen molar-refractivity contribution >= 4 is 52.1 Å². The third-order valence-corrected chi connectivity index (χ3v) is 14.3. The number of ether oxygens (including phenoxy) is 6. The third-order valence-electron chi connectivity index (χ3n) is 14.3. The highest BCUT2D eigenvalue weighted by atomic mass is 16.6. The molecule has 21 nitrogen and oxygen atoms in total. The lowest BCUT2D eigenvalue weighted by atomic mass is 9.83.